The summed E-state index contributed by atoms with van der Waals surface area (Å²) in [5, 5.41) is 9.78. The predicted molar refractivity (Wildman–Crippen MR) is 102 cm³/mol. The van der Waals surface area contributed by atoms with Crippen molar-refractivity contribution in [1.82, 2.24) is 3.97 Å². The maximum Gasteiger partial charge on any atom is 0.307 e. The van der Waals surface area contributed by atoms with E-state index in [1.807, 2.05) is 6.07 Å². The molecular weight excluding hydrogens is 422 g/mol. The quantitative estimate of drug-likeness (QED) is 0.638. The topological polar surface area (TPSA) is 85.6 Å². The van der Waals surface area contributed by atoms with Gasteiger partial charge in [0.25, 0.3) is 0 Å². The van der Waals surface area contributed by atoms with Crippen LogP contribution in [0.1, 0.15) is 11.1 Å². The van der Waals surface area contributed by atoms with Gasteiger partial charge in [0.2, 0.25) is 10.0 Å². The Morgan fingerprint density at radius 2 is 1.96 bits per heavy atom. The van der Waals surface area contributed by atoms with E-state index in [1.165, 1.54) is 10.2 Å². The number of hydrogen-bond donors (Lipinski definition) is 1. The fourth-order valence-corrected chi connectivity index (χ4v) is 4.13. The van der Waals surface area contributed by atoms with Crippen molar-refractivity contribution in [1.29, 1.82) is 0 Å². The van der Waals surface area contributed by atoms with Gasteiger partial charge in [0.15, 0.2) is 0 Å². The molecule has 0 atom stereocenters. The summed E-state index contributed by atoms with van der Waals surface area (Å²) in [4.78, 5) is 11.0. The molecular formula is C18H16BrNO5S. The molecule has 26 heavy (non-hydrogen) atoms. The number of hydrogen-bond acceptors (Lipinski definition) is 4. The monoisotopic (exact) mass is 437 g/mol. The van der Waals surface area contributed by atoms with E-state index in [4.69, 9.17) is 9.84 Å². The highest BCUT2D eigenvalue weighted by Crippen LogP contribution is 2.29. The van der Waals surface area contributed by atoms with Crippen LogP contribution in [0.25, 0.3) is 10.9 Å². The van der Waals surface area contributed by atoms with Crippen molar-refractivity contribution in [3.8, 4) is 5.75 Å². The Hall–Kier alpha value is -2.32. The lowest BCUT2D eigenvalue weighted by Gasteiger charge is -2.11. The second-order valence-electron chi connectivity index (χ2n) is 5.85. The van der Waals surface area contributed by atoms with Crippen molar-refractivity contribution in [2.75, 3.05) is 6.26 Å². The Balaban J connectivity index is 1.92. The molecule has 0 aliphatic rings. The van der Waals surface area contributed by atoms with E-state index in [0.717, 1.165) is 21.7 Å². The highest BCUT2D eigenvalue weighted by atomic mass is 79.9. The summed E-state index contributed by atoms with van der Waals surface area (Å²) in [7, 11) is -3.42. The van der Waals surface area contributed by atoms with Crippen LogP contribution in [0.2, 0.25) is 0 Å². The summed E-state index contributed by atoms with van der Waals surface area (Å²) in [6.07, 6.45) is 2.53. The van der Waals surface area contributed by atoms with E-state index in [1.54, 1.807) is 36.4 Å². The fraction of sp³-hybridized carbons (Fsp3) is 0.167. The van der Waals surface area contributed by atoms with Gasteiger partial charge in [0.05, 0.1) is 18.2 Å². The molecule has 0 spiro atoms. The number of aliphatic carboxylic acids is 1. The Morgan fingerprint density at radius 1 is 1.23 bits per heavy atom. The van der Waals surface area contributed by atoms with Crippen molar-refractivity contribution >= 4 is 42.8 Å². The lowest BCUT2D eigenvalue weighted by Crippen LogP contribution is -2.08. The van der Waals surface area contributed by atoms with Gasteiger partial charge in [-0.05, 0) is 29.8 Å². The average molecular weight is 438 g/mol. The van der Waals surface area contributed by atoms with Crippen LogP contribution in [-0.2, 0) is 27.8 Å². The largest absolute Gasteiger partial charge is 0.489 e. The summed E-state index contributed by atoms with van der Waals surface area (Å²) >= 11 is 3.46. The molecule has 0 saturated carbocycles. The van der Waals surface area contributed by atoms with Gasteiger partial charge in [-0.2, -0.15) is 0 Å². The second-order valence-corrected chi connectivity index (χ2v) is 8.57. The van der Waals surface area contributed by atoms with Gasteiger partial charge in [-0.1, -0.05) is 34.1 Å². The number of rotatable bonds is 6. The lowest BCUT2D eigenvalue weighted by atomic mass is 10.1. The standard InChI is InChI=1S/C18H16BrNO5S/c1-26(23,24)20-7-6-14-15(19)8-12(9-16(14)20)11-25-17-5-3-2-4-13(17)10-18(21)22/h2-9H,10-11H2,1H3,(H,21,22). The van der Waals surface area contributed by atoms with E-state index < -0.39 is 16.0 Å². The van der Waals surface area contributed by atoms with Gasteiger partial charge in [-0.15, -0.1) is 0 Å². The molecule has 0 bridgehead atoms. The summed E-state index contributed by atoms with van der Waals surface area (Å²) < 4.78 is 31.6. The molecule has 3 aromatic rings. The molecule has 1 N–H and O–H groups in total. The highest BCUT2D eigenvalue weighted by Gasteiger charge is 2.14. The van der Waals surface area contributed by atoms with Crippen molar-refractivity contribution in [3.05, 3.63) is 64.3 Å². The third-order valence-electron chi connectivity index (χ3n) is 3.85. The van der Waals surface area contributed by atoms with Crippen LogP contribution in [0.4, 0.5) is 0 Å². The number of benzene rings is 2. The molecule has 0 amide bonds. The predicted octanol–water partition coefficient (Wildman–Crippen LogP) is 3.42. The van der Waals surface area contributed by atoms with Crippen LogP contribution in [0.15, 0.2) is 53.1 Å². The van der Waals surface area contributed by atoms with Gasteiger partial charge in [0, 0.05) is 21.6 Å². The number of ether oxygens (including phenoxy) is 1. The van der Waals surface area contributed by atoms with E-state index in [2.05, 4.69) is 15.9 Å². The molecule has 2 aromatic carbocycles. The molecule has 6 nitrogen and oxygen atoms in total. The molecule has 136 valence electrons. The van der Waals surface area contributed by atoms with Crippen molar-refractivity contribution in [3.63, 3.8) is 0 Å². The molecule has 0 aliphatic carbocycles. The minimum absolute atomic E-state index is 0.129. The van der Waals surface area contributed by atoms with Gasteiger partial charge in [-0.25, -0.2) is 12.4 Å². The molecule has 1 heterocycles. The minimum atomic E-state index is -3.42. The first-order valence-electron chi connectivity index (χ1n) is 7.68. The normalized spacial score (nSPS) is 11.6. The van der Waals surface area contributed by atoms with Gasteiger partial charge in [-0.3, -0.25) is 4.79 Å². The SMILES string of the molecule is CS(=O)(=O)n1ccc2c(Br)cc(COc3ccccc3CC(=O)O)cc21. The summed E-state index contributed by atoms with van der Waals surface area (Å²) in [6, 6.07) is 12.3. The first kappa shape index (κ1) is 18.5. The molecule has 1 aromatic heterocycles. The Kier molecular flexibility index (Phi) is 5.06. The van der Waals surface area contributed by atoms with Crippen molar-refractivity contribution in [2.24, 2.45) is 0 Å². The van der Waals surface area contributed by atoms with Crippen molar-refractivity contribution in [2.45, 2.75) is 13.0 Å². The zero-order valence-electron chi connectivity index (χ0n) is 13.8. The fourth-order valence-electron chi connectivity index (χ4n) is 2.71. The second kappa shape index (κ2) is 7.13. The molecule has 0 unspecified atom stereocenters. The number of carboxylic acids is 1. The first-order chi connectivity index (χ1) is 12.3. The molecule has 0 fully saturated rings. The summed E-state index contributed by atoms with van der Waals surface area (Å²) in [5.74, 6) is -0.444. The zero-order chi connectivity index (χ0) is 18.9. The van der Waals surface area contributed by atoms with Gasteiger partial charge < -0.3 is 9.84 Å². The number of carbonyl (C=O) groups is 1. The summed E-state index contributed by atoms with van der Waals surface area (Å²) in [5.41, 5.74) is 1.90. The number of carboxylic acid groups (broad SMARTS) is 1. The number of aromatic nitrogens is 1. The third kappa shape index (κ3) is 3.91. The van der Waals surface area contributed by atoms with Gasteiger partial charge in [0.1, 0.15) is 12.4 Å². The van der Waals surface area contributed by atoms with Crippen LogP contribution in [0.5, 0.6) is 5.75 Å². The molecule has 0 saturated heterocycles. The number of para-hydroxylation sites is 1. The van der Waals surface area contributed by atoms with Crippen molar-refractivity contribution < 1.29 is 23.1 Å². The smallest absolute Gasteiger partial charge is 0.307 e. The highest BCUT2D eigenvalue weighted by molar-refractivity contribution is 9.10. The van der Waals surface area contributed by atoms with Crippen LogP contribution >= 0.6 is 15.9 Å². The average Bonchev–Trinajstić information content (AvgIpc) is 2.98. The van der Waals surface area contributed by atoms with E-state index in [9.17, 15) is 13.2 Å². The zero-order valence-corrected chi connectivity index (χ0v) is 16.2. The Labute approximate surface area is 159 Å². The Bertz CT molecular complexity index is 1090. The minimum Gasteiger partial charge on any atom is -0.489 e. The van der Waals surface area contributed by atoms with E-state index >= 15 is 0 Å². The third-order valence-corrected chi connectivity index (χ3v) is 5.54. The van der Waals surface area contributed by atoms with E-state index in [-0.39, 0.29) is 13.0 Å². The van der Waals surface area contributed by atoms with Crippen LogP contribution < -0.4 is 4.74 Å². The van der Waals surface area contributed by atoms with Crippen LogP contribution in [-0.4, -0.2) is 29.7 Å². The molecule has 3 rings (SSSR count). The summed E-state index contributed by atoms with van der Waals surface area (Å²) in [6.45, 7) is 0.181. The number of halogens is 1. The number of fused-ring (bicyclic) bond motifs is 1. The van der Waals surface area contributed by atoms with Gasteiger partial charge >= 0.3 is 5.97 Å². The molecule has 0 radical (unpaired) electrons. The lowest BCUT2D eigenvalue weighted by molar-refractivity contribution is -0.136. The maximum absolute atomic E-state index is 11.9. The van der Waals surface area contributed by atoms with E-state index in [0.29, 0.717) is 16.8 Å². The Morgan fingerprint density at radius 3 is 2.65 bits per heavy atom. The molecule has 8 heteroatoms. The first-order valence-corrected chi connectivity index (χ1v) is 10.3. The van der Waals surface area contributed by atoms with Crippen LogP contribution in [0, 0.1) is 0 Å². The van der Waals surface area contributed by atoms with Crippen LogP contribution in [0.3, 0.4) is 0 Å². The molecule has 0 aliphatic heterocycles. The maximum atomic E-state index is 11.9. The number of nitrogens with zero attached hydrogens (tertiary/aromatic N) is 1.